The predicted octanol–water partition coefficient (Wildman–Crippen LogP) is 10.8. The summed E-state index contributed by atoms with van der Waals surface area (Å²) in [5, 5.41) is 9.89. The molecule has 0 aliphatic heterocycles. The zero-order valence-electron chi connectivity index (χ0n) is 37.4. The summed E-state index contributed by atoms with van der Waals surface area (Å²) in [5.41, 5.74) is 2.59. The fraction of sp³-hybridized carbons (Fsp3) is 0.739. The zero-order valence-corrected chi connectivity index (χ0v) is 38.2. The lowest BCUT2D eigenvalue weighted by molar-refractivity contribution is -0.870. The summed E-state index contributed by atoms with van der Waals surface area (Å²) in [6.07, 6.45) is 29.3. The summed E-state index contributed by atoms with van der Waals surface area (Å²) in [7, 11) is 1.40. The van der Waals surface area contributed by atoms with Gasteiger partial charge in [-0.1, -0.05) is 108 Å². The Kier molecular flexibility index (Phi) is 29.8. The third-order valence-electron chi connectivity index (χ3n) is 9.97. The Balaban J connectivity index is 2.42. The lowest BCUT2D eigenvalue weighted by atomic mass is 10.0. The molecule has 3 atom stereocenters. The largest absolute Gasteiger partial charge is 0.472 e. The number of aliphatic hydroxyl groups is 1. The number of quaternary nitrogens is 1. The summed E-state index contributed by atoms with van der Waals surface area (Å²) in [6, 6.07) is 0. The fourth-order valence-corrected chi connectivity index (χ4v) is 6.91. The van der Waals surface area contributed by atoms with Crippen molar-refractivity contribution < 1.29 is 51.6 Å². The second-order valence-electron chi connectivity index (χ2n) is 16.5. The van der Waals surface area contributed by atoms with Gasteiger partial charge in [-0.05, 0) is 76.3 Å². The van der Waals surface area contributed by atoms with E-state index in [0.717, 1.165) is 95.0 Å². The number of esters is 2. The van der Waals surface area contributed by atoms with E-state index in [1.807, 2.05) is 45.4 Å². The first-order valence-corrected chi connectivity index (χ1v) is 23.7. The van der Waals surface area contributed by atoms with Crippen molar-refractivity contribution in [2.75, 3.05) is 47.5 Å². The Bertz CT molecular complexity index is 1380. The number of aliphatic hydroxyl groups excluding tert-OH is 1. The highest BCUT2D eigenvalue weighted by atomic mass is 31.2. The molecule has 0 fully saturated rings. The van der Waals surface area contributed by atoms with E-state index in [4.69, 9.17) is 22.9 Å². The van der Waals surface area contributed by atoms with Crippen molar-refractivity contribution >= 4 is 19.8 Å². The number of furan rings is 1. The first-order chi connectivity index (χ1) is 27.7. The second-order valence-corrected chi connectivity index (χ2v) is 17.9. The molecule has 2 unspecified atom stereocenters. The van der Waals surface area contributed by atoms with Crippen LogP contribution in [0, 0.1) is 13.8 Å². The van der Waals surface area contributed by atoms with Crippen LogP contribution in [0.5, 0.6) is 0 Å². The maximum atomic E-state index is 12.8. The molecular weight excluding hydrogens is 757 g/mol. The maximum Gasteiger partial charge on any atom is 0.472 e. The van der Waals surface area contributed by atoms with E-state index in [9.17, 15) is 24.2 Å². The third kappa shape index (κ3) is 28.8. The molecule has 1 aromatic heterocycles. The van der Waals surface area contributed by atoms with Crippen LogP contribution in [0.1, 0.15) is 158 Å². The van der Waals surface area contributed by atoms with Crippen molar-refractivity contribution in [2.24, 2.45) is 0 Å². The Morgan fingerprint density at radius 1 is 0.741 bits per heavy atom. The van der Waals surface area contributed by atoms with Gasteiger partial charge in [-0.2, -0.15) is 0 Å². The van der Waals surface area contributed by atoms with Gasteiger partial charge in [0.15, 0.2) is 6.10 Å². The number of allylic oxidation sites excluding steroid dienone is 4. The summed E-state index contributed by atoms with van der Waals surface area (Å²) in [6.45, 7) is 8.40. The van der Waals surface area contributed by atoms with Crippen LogP contribution in [0.15, 0.2) is 40.9 Å². The van der Waals surface area contributed by atoms with Crippen molar-refractivity contribution in [3.63, 3.8) is 0 Å². The number of rotatable bonds is 36. The van der Waals surface area contributed by atoms with Gasteiger partial charge in [0.05, 0.1) is 33.9 Å². The minimum atomic E-state index is -4.41. The molecule has 334 valence electrons. The maximum absolute atomic E-state index is 12.8. The van der Waals surface area contributed by atoms with Gasteiger partial charge in [-0.15, -0.1) is 0 Å². The van der Waals surface area contributed by atoms with Gasteiger partial charge < -0.3 is 28.4 Å². The molecule has 12 heteroatoms. The second kappa shape index (κ2) is 32.3. The van der Waals surface area contributed by atoms with Gasteiger partial charge in [-0.3, -0.25) is 18.6 Å². The molecule has 0 spiro atoms. The van der Waals surface area contributed by atoms with Crippen LogP contribution in [0.2, 0.25) is 0 Å². The number of carbonyl (C=O) groups is 2. The number of phosphoric ester groups is 1. The highest BCUT2D eigenvalue weighted by molar-refractivity contribution is 7.47. The van der Waals surface area contributed by atoms with Crippen LogP contribution in [0.4, 0.5) is 0 Å². The van der Waals surface area contributed by atoms with Gasteiger partial charge in [0.1, 0.15) is 31.3 Å². The van der Waals surface area contributed by atoms with Gasteiger partial charge in [-0.25, -0.2) is 4.57 Å². The lowest BCUT2D eigenvalue weighted by Crippen LogP contribution is -2.37. The van der Waals surface area contributed by atoms with Gasteiger partial charge in [0.2, 0.25) is 0 Å². The molecule has 0 radical (unpaired) electrons. The van der Waals surface area contributed by atoms with Crippen LogP contribution >= 0.6 is 7.82 Å². The SMILES string of the molecule is CC/C=C/CC(O)/C=C/C=C/CCCCCCCC(=O)OC[C@H](COP(=O)(O)OCC[N+](C)(C)C)OC(=O)CCCCCCCCc1oc(CCCCC)c(C)c1C. The topological polar surface area (TPSA) is 142 Å². The monoisotopic (exact) mass is 839 g/mol. The molecule has 1 heterocycles. The highest BCUT2D eigenvalue weighted by Crippen LogP contribution is 2.43. The molecule has 2 N–H and O–H groups in total. The first kappa shape index (κ1) is 53.5. The lowest BCUT2D eigenvalue weighted by Gasteiger charge is -2.24. The van der Waals surface area contributed by atoms with Crippen molar-refractivity contribution in [3.05, 3.63) is 59.1 Å². The molecular formula is C46H81NO10P+. The average Bonchev–Trinajstić information content (AvgIpc) is 3.43. The Labute approximate surface area is 351 Å². The van der Waals surface area contributed by atoms with Gasteiger partial charge in [0, 0.05) is 25.7 Å². The Hall–Kier alpha value is -2.53. The molecule has 0 aliphatic carbocycles. The quantitative estimate of drug-likeness (QED) is 0.0167. The first-order valence-electron chi connectivity index (χ1n) is 22.2. The molecule has 0 aliphatic rings. The molecule has 0 aromatic carbocycles. The van der Waals surface area contributed by atoms with E-state index in [1.165, 1.54) is 30.4 Å². The van der Waals surface area contributed by atoms with E-state index >= 15 is 0 Å². The number of ether oxygens (including phenoxy) is 2. The van der Waals surface area contributed by atoms with Crippen LogP contribution < -0.4 is 0 Å². The normalized spacial score (nSPS) is 14.4. The van der Waals surface area contributed by atoms with Gasteiger partial charge >= 0.3 is 19.8 Å². The van der Waals surface area contributed by atoms with Crippen molar-refractivity contribution in [2.45, 2.75) is 175 Å². The highest BCUT2D eigenvalue weighted by Gasteiger charge is 2.27. The predicted molar refractivity (Wildman–Crippen MR) is 234 cm³/mol. The molecule has 58 heavy (non-hydrogen) atoms. The van der Waals surface area contributed by atoms with Crippen molar-refractivity contribution in [1.29, 1.82) is 0 Å². The summed E-state index contributed by atoms with van der Waals surface area (Å²) in [5.74, 6) is 1.38. The van der Waals surface area contributed by atoms with E-state index in [-0.39, 0.29) is 26.1 Å². The molecule has 1 rings (SSSR count). The molecule has 11 nitrogen and oxygen atoms in total. The number of likely N-dealkylation sites (N-methyl/N-ethyl adjacent to an activating group) is 1. The Morgan fingerprint density at radius 3 is 1.95 bits per heavy atom. The number of unbranched alkanes of at least 4 members (excludes halogenated alkanes) is 12. The van der Waals surface area contributed by atoms with E-state index < -0.39 is 38.6 Å². The summed E-state index contributed by atoms with van der Waals surface area (Å²) in [4.78, 5) is 35.5. The molecule has 0 saturated heterocycles. The van der Waals surface area contributed by atoms with Crippen LogP contribution in [0.25, 0.3) is 0 Å². The number of hydrogen-bond donors (Lipinski definition) is 2. The molecule has 0 bridgehead atoms. The molecule has 0 amide bonds. The number of carbonyl (C=O) groups excluding carboxylic acids is 2. The molecule has 0 saturated carbocycles. The average molecular weight is 839 g/mol. The van der Waals surface area contributed by atoms with Crippen molar-refractivity contribution in [3.8, 4) is 0 Å². The van der Waals surface area contributed by atoms with E-state index in [0.29, 0.717) is 30.3 Å². The minimum Gasteiger partial charge on any atom is -0.466 e. The third-order valence-corrected chi connectivity index (χ3v) is 11.0. The minimum absolute atomic E-state index is 0.00934. The smallest absolute Gasteiger partial charge is 0.466 e. The van der Waals surface area contributed by atoms with Crippen LogP contribution in [0.3, 0.4) is 0 Å². The summed E-state index contributed by atoms with van der Waals surface area (Å²) < 4.78 is 40.5. The number of phosphoric acid groups is 1. The zero-order chi connectivity index (χ0) is 43.1. The standard InChI is InChI=1S/C46H80NO10P/c1-8-10-23-29-41(48)30-25-19-15-13-12-14-16-21-27-33-45(49)53-37-42(38-55-58(51,52)54-36-35-47(5,6)7)56-46(50)34-28-22-18-17-20-26-32-44-40(4)39(3)43(57-44)31-24-11-9-2/h10,15,19,23,25,30,41-42,48H,8-9,11-14,16-18,20-22,24,26-29,31-38H2,1-7H3/p+1/b19-15+,23-10+,30-25+/t41?,42-/m1/s1. The van der Waals surface area contributed by atoms with Crippen LogP contribution in [-0.4, -0.2) is 86.1 Å². The number of aryl methyl sites for hydroxylation is 2. The number of hydrogen-bond acceptors (Lipinski definition) is 9. The Morgan fingerprint density at radius 2 is 1.33 bits per heavy atom. The summed E-state index contributed by atoms with van der Waals surface area (Å²) >= 11 is 0. The molecule has 1 aromatic rings. The number of nitrogens with zero attached hydrogens (tertiary/aromatic N) is 1. The fourth-order valence-electron chi connectivity index (χ4n) is 6.17. The van der Waals surface area contributed by atoms with E-state index in [1.54, 1.807) is 6.08 Å². The van der Waals surface area contributed by atoms with Crippen molar-refractivity contribution in [1.82, 2.24) is 0 Å². The van der Waals surface area contributed by atoms with E-state index in [2.05, 4.69) is 33.8 Å². The van der Waals surface area contributed by atoms with Gasteiger partial charge in [0.25, 0.3) is 0 Å². The van der Waals surface area contributed by atoms with Crippen LogP contribution in [-0.2, 0) is 45.5 Å².